The van der Waals surface area contributed by atoms with Gasteiger partial charge >= 0.3 is 0 Å². The van der Waals surface area contributed by atoms with Gasteiger partial charge in [-0.3, -0.25) is 0 Å². The smallest absolute Gasteiger partial charge is 0.119 e. The highest BCUT2D eigenvalue weighted by Gasteiger charge is 2.15. The lowest BCUT2D eigenvalue weighted by Crippen LogP contribution is -2.17. The van der Waals surface area contributed by atoms with Crippen LogP contribution >= 0.6 is 0 Å². The van der Waals surface area contributed by atoms with Crippen LogP contribution in [0.3, 0.4) is 0 Å². The molecule has 140 valence electrons. The van der Waals surface area contributed by atoms with Crippen LogP contribution in [0.4, 0.5) is 0 Å². The first-order valence-electron chi connectivity index (χ1n) is 9.70. The summed E-state index contributed by atoms with van der Waals surface area (Å²) in [6, 6.07) is 29.2. The number of aliphatic hydroxyl groups is 1. The van der Waals surface area contributed by atoms with E-state index >= 15 is 0 Å². The standard InChI is InChI=1S/C25H28O2/c1-20-15-17-24(18-16-20)27-19-23(26)13-8-14-25(21-9-4-2-5-10-21)22-11-6-3-7-12-22/h2-7,9-12,15-18,23,25-26H,8,13-14,19H2,1H3. The summed E-state index contributed by atoms with van der Waals surface area (Å²) in [5, 5.41) is 10.3. The lowest BCUT2D eigenvalue weighted by atomic mass is 9.87. The molecule has 0 radical (unpaired) electrons. The number of aliphatic hydroxyl groups excluding tert-OH is 1. The van der Waals surface area contributed by atoms with Crippen LogP contribution in [0.15, 0.2) is 84.9 Å². The van der Waals surface area contributed by atoms with Gasteiger partial charge < -0.3 is 9.84 Å². The summed E-state index contributed by atoms with van der Waals surface area (Å²) in [7, 11) is 0. The van der Waals surface area contributed by atoms with Gasteiger partial charge in [0.1, 0.15) is 12.4 Å². The molecule has 0 aromatic heterocycles. The summed E-state index contributed by atoms with van der Waals surface area (Å²) < 4.78 is 5.70. The average Bonchev–Trinajstić information content (AvgIpc) is 2.72. The van der Waals surface area contributed by atoms with Crippen molar-refractivity contribution in [2.75, 3.05) is 6.61 Å². The summed E-state index contributed by atoms with van der Waals surface area (Å²) in [4.78, 5) is 0. The third kappa shape index (κ3) is 5.97. The second-order valence-electron chi connectivity index (χ2n) is 7.08. The Morgan fingerprint density at radius 3 is 1.85 bits per heavy atom. The summed E-state index contributed by atoms with van der Waals surface area (Å²) in [5.74, 6) is 1.17. The summed E-state index contributed by atoms with van der Waals surface area (Å²) in [6.07, 6.45) is 2.25. The third-order valence-corrected chi connectivity index (χ3v) is 4.90. The van der Waals surface area contributed by atoms with Crippen LogP contribution in [0, 0.1) is 6.92 Å². The van der Waals surface area contributed by atoms with Crippen molar-refractivity contribution in [2.45, 2.75) is 38.2 Å². The number of hydrogen-bond donors (Lipinski definition) is 1. The van der Waals surface area contributed by atoms with Gasteiger partial charge in [0.2, 0.25) is 0 Å². The van der Waals surface area contributed by atoms with E-state index in [-0.39, 0.29) is 0 Å². The first-order chi connectivity index (χ1) is 13.2. The number of hydrogen-bond acceptors (Lipinski definition) is 2. The molecule has 0 spiro atoms. The van der Waals surface area contributed by atoms with Crippen LogP contribution in [0.5, 0.6) is 5.75 Å². The number of aryl methyl sites for hydroxylation is 1. The maximum Gasteiger partial charge on any atom is 0.119 e. The van der Waals surface area contributed by atoms with Crippen molar-refractivity contribution in [3.8, 4) is 5.75 Å². The van der Waals surface area contributed by atoms with Gasteiger partial charge in [-0.25, -0.2) is 0 Å². The van der Waals surface area contributed by atoms with Gasteiger partial charge in [-0.1, -0.05) is 78.4 Å². The molecule has 0 aliphatic rings. The van der Waals surface area contributed by atoms with Gasteiger partial charge in [0, 0.05) is 5.92 Å². The number of ether oxygens (including phenoxy) is 1. The molecule has 1 N–H and O–H groups in total. The van der Waals surface area contributed by atoms with Crippen LogP contribution in [-0.4, -0.2) is 17.8 Å². The van der Waals surface area contributed by atoms with Gasteiger partial charge in [-0.2, -0.15) is 0 Å². The zero-order valence-electron chi connectivity index (χ0n) is 15.9. The molecule has 0 heterocycles. The Bertz CT molecular complexity index is 742. The summed E-state index contributed by atoms with van der Waals surface area (Å²) in [5.41, 5.74) is 3.86. The Kier molecular flexibility index (Phi) is 7.06. The van der Waals surface area contributed by atoms with Gasteiger partial charge in [0.05, 0.1) is 6.10 Å². The Morgan fingerprint density at radius 1 is 0.741 bits per heavy atom. The SMILES string of the molecule is Cc1ccc(OCC(O)CCCC(c2ccccc2)c2ccccc2)cc1. The minimum atomic E-state index is -0.446. The molecule has 0 aliphatic carbocycles. The molecule has 2 heteroatoms. The van der Waals surface area contributed by atoms with Crippen LogP contribution in [0.25, 0.3) is 0 Å². The lowest BCUT2D eigenvalue weighted by molar-refractivity contribution is 0.0974. The zero-order chi connectivity index (χ0) is 18.9. The molecule has 0 saturated heterocycles. The molecular formula is C25H28O2. The highest BCUT2D eigenvalue weighted by atomic mass is 16.5. The van der Waals surface area contributed by atoms with Crippen molar-refractivity contribution < 1.29 is 9.84 Å². The van der Waals surface area contributed by atoms with Crippen LogP contribution in [0.2, 0.25) is 0 Å². The number of rotatable bonds is 9. The minimum Gasteiger partial charge on any atom is -0.491 e. The third-order valence-electron chi connectivity index (χ3n) is 4.90. The molecule has 0 bridgehead atoms. The molecule has 0 amide bonds. The second kappa shape index (κ2) is 9.94. The van der Waals surface area contributed by atoms with E-state index in [2.05, 4.69) is 67.6 Å². The fraction of sp³-hybridized carbons (Fsp3) is 0.280. The van der Waals surface area contributed by atoms with E-state index in [0.717, 1.165) is 25.0 Å². The maximum atomic E-state index is 10.3. The van der Waals surface area contributed by atoms with Crippen molar-refractivity contribution in [1.82, 2.24) is 0 Å². The van der Waals surface area contributed by atoms with Crippen molar-refractivity contribution in [1.29, 1.82) is 0 Å². The quantitative estimate of drug-likeness (QED) is 0.527. The van der Waals surface area contributed by atoms with E-state index in [0.29, 0.717) is 12.5 Å². The van der Waals surface area contributed by atoms with E-state index < -0.39 is 6.10 Å². The fourth-order valence-electron chi connectivity index (χ4n) is 3.36. The Labute approximate surface area is 162 Å². The van der Waals surface area contributed by atoms with Crippen molar-refractivity contribution in [3.05, 3.63) is 102 Å². The maximum absolute atomic E-state index is 10.3. The predicted octanol–water partition coefficient (Wildman–Crippen LogP) is 5.74. The lowest BCUT2D eigenvalue weighted by Gasteiger charge is -2.19. The molecule has 2 nitrogen and oxygen atoms in total. The fourth-order valence-corrected chi connectivity index (χ4v) is 3.36. The van der Waals surface area contributed by atoms with E-state index in [1.54, 1.807) is 0 Å². The van der Waals surface area contributed by atoms with Gasteiger partial charge in [0.15, 0.2) is 0 Å². The Morgan fingerprint density at radius 2 is 1.30 bits per heavy atom. The van der Waals surface area contributed by atoms with Gasteiger partial charge in [0.25, 0.3) is 0 Å². The molecule has 0 saturated carbocycles. The molecule has 3 rings (SSSR count). The van der Waals surface area contributed by atoms with Crippen molar-refractivity contribution in [3.63, 3.8) is 0 Å². The largest absolute Gasteiger partial charge is 0.491 e. The molecule has 3 aromatic carbocycles. The molecule has 27 heavy (non-hydrogen) atoms. The van der Waals surface area contributed by atoms with Crippen LogP contribution in [0.1, 0.15) is 41.9 Å². The molecular weight excluding hydrogens is 332 g/mol. The predicted molar refractivity (Wildman–Crippen MR) is 111 cm³/mol. The van der Waals surface area contributed by atoms with Crippen molar-refractivity contribution in [2.24, 2.45) is 0 Å². The summed E-state index contributed by atoms with van der Waals surface area (Å²) in [6.45, 7) is 2.39. The molecule has 1 unspecified atom stereocenters. The average molecular weight is 360 g/mol. The van der Waals surface area contributed by atoms with Crippen molar-refractivity contribution >= 4 is 0 Å². The molecule has 3 aromatic rings. The van der Waals surface area contributed by atoms with E-state index in [4.69, 9.17) is 4.74 Å². The highest BCUT2D eigenvalue weighted by Crippen LogP contribution is 2.29. The molecule has 0 aliphatic heterocycles. The van der Waals surface area contributed by atoms with Crippen LogP contribution < -0.4 is 4.74 Å². The number of benzene rings is 3. The Balaban J connectivity index is 1.52. The summed E-state index contributed by atoms with van der Waals surface area (Å²) >= 11 is 0. The van der Waals surface area contributed by atoms with E-state index in [1.165, 1.54) is 16.7 Å². The minimum absolute atomic E-state index is 0.338. The van der Waals surface area contributed by atoms with Gasteiger partial charge in [-0.15, -0.1) is 0 Å². The van der Waals surface area contributed by atoms with E-state index in [9.17, 15) is 5.11 Å². The normalized spacial score (nSPS) is 12.1. The first-order valence-corrected chi connectivity index (χ1v) is 9.70. The topological polar surface area (TPSA) is 29.5 Å². The van der Waals surface area contributed by atoms with Crippen LogP contribution in [-0.2, 0) is 0 Å². The van der Waals surface area contributed by atoms with E-state index in [1.807, 2.05) is 24.3 Å². The van der Waals surface area contributed by atoms with Gasteiger partial charge in [-0.05, 0) is 49.4 Å². The second-order valence-corrected chi connectivity index (χ2v) is 7.08. The molecule has 1 atom stereocenters. The monoisotopic (exact) mass is 360 g/mol. The molecule has 0 fully saturated rings. The Hall–Kier alpha value is -2.58. The first kappa shape index (κ1) is 19.2. The highest BCUT2D eigenvalue weighted by molar-refractivity contribution is 5.32. The zero-order valence-corrected chi connectivity index (χ0v) is 15.9.